The number of benzene rings is 2. The molecule has 0 radical (unpaired) electrons. The number of fused-ring (bicyclic) bond motifs is 1. The standard InChI is InChI=1S/C19H21N5O2S/c1-10-3-6-12(7-4-10)21-17(23-24-19(20)27)15-16(25)13-9-11(2)5-8-14(13)22-18(15)26/h3-9,17,21,23H,1-2H3,(H3,20,24,27)(H2,22,25,26)/t17-/m0/s1. The van der Waals surface area contributed by atoms with Gasteiger partial charge in [-0.3, -0.25) is 10.2 Å². The second kappa shape index (κ2) is 7.65. The van der Waals surface area contributed by atoms with E-state index in [4.69, 9.17) is 18.0 Å². The van der Waals surface area contributed by atoms with Crippen LogP contribution in [0.15, 0.2) is 47.3 Å². The molecular weight excluding hydrogens is 362 g/mol. The minimum Gasteiger partial charge on any atom is -0.507 e. The summed E-state index contributed by atoms with van der Waals surface area (Å²) >= 11 is 4.83. The summed E-state index contributed by atoms with van der Waals surface area (Å²) in [5, 5.41) is 14.6. The lowest BCUT2D eigenvalue weighted by molar-refractivity contribution is 0.453. The van der Waals surface area contributed by atoms with Crippen molar-refractivity contribution in [3.8, 4) is 5.75 Å². The summed E-state index contributed by atoms with van der Waals surface area (Å²) in [7, 11) is 0. The summed E-state index contributed by atoms with van der Waals surface area (Å²) in [5.74, 6) is -0.112. The van der Waals surface area contributed by atoms with Crippen LogP contribution in [0, 0.1) is 13.8 Å². The number of nitrogens with two attached hydrogens (primary N) is 1. The molecule has 140 valence electrons. The Kier molecular flexibility index (Phi) is 5.29. The highest BCUT2D eigenvalue weighted by molar-refractivity contribution is 7.80. The van der Waals surface area contributed by atoms with E-state index in [2.05, 4.69) is 21.2 Å². The molecule has 2 aromatic carbocycles. The molecule has 0 amide bonds. The predicted octanol–water partition coefficient (Wildman–Crippen LogP) is 2.30. The molecule has 27 heavy (non-hydrogen) atoms. The first-order valence-corrected chi connectivity index (χ1v) is 8.75. The molecule has 0 fully saturated rings. The average molecular weight is 383 g/mol. The summed E-state index contributed by atoms with van der Waals surface area (Å²) in [4.78, 5) is 15.5. The molecule has 1 heterocycles. The fraction of sp³-hybridized carbons (Fsp3) is 0.158. The maximum Gasteiger partial charge on any atom is 0.258 e. The van der Waals surface area contributed by atoms with Crippen LogP contribution in [-0.2, 0) is 0 Å². The number of thiocarbonyl (C=S) groups is 1. The van der Waals surface area contributed by atoms with Crippen LogP contribution in [0.4, 0.5) is 5.69 Å². The van der Waals surface area contributed by atoms with E-state index in [1.165, 1.54) is 0 Å². The lowest BCUT2D eigenvalue weighted by atomic mass is 10.1. The van der Waals surface area contributed by atoms with Crippen LogP contribution in [0.1, 0.15) is 22.9 Å². The van der Waals surface area contributed by atoms with Crippen molar-refractivity contribution in [1.82, 2.24) is 15.8 Å². The highest BCUT2D eigenvalue weighted by Crippen LogP contribution is 2.30. The first-order chi connectivity index (χ1) is 12.8. The van der Waals surface area contributed by atoms with Crippen LogP contribution in [0.3, 0.4) is 0 Å². The number of hydrogen-bond acceptors (Lipinski definition) is 5. The number of rotatable bonds is 5. The fourth-order valence-electron chi connectivity index (χ4n) is 2.81. The number of aromatic hydroxyl groups is 1. The van der Waals surface area contributed by atoms with E-state index in [0.717, 1.165) is 16.8 Å². The molecule has 8 heteroatoms. The van der Waals surface area contributed by atoms with Crippen molar-refractivity contribution in [2.45, 2.75) is 20.0 Å². The van der Waals surface area contributed by atoms with Gasteiger partial charge in [0.2, 0.25) is 0 Å². The highest BCUT2D eigenvalue weighted by atomic mass is 32.1. The van der Waals surface area contributed by atoms with Crippen molar-refractivity contribution in [3.05, 3.63) is 69.5 Å². The Bertz CT molecular complexity index is 1050. The Morgan fingerprint density at radius 2 is 1.81 bits per heavy atom. The molecular formula is C19H21N5O2S. The number of H-pyrrole nitrogens is 1. The average Bonchev–Trinajstić information content (AvgIpc) is 2.62. The van der Waals surface area contributed by atoms with Crippen LogP contribution in [0.5, 0.6) is 5.75 Å². The molecule has 3 aromatic rings. The number of aromatic amines is 1. The van der Waals surface area contributed by atoms with E-state index < -0.39 is 11.7 Å². The zero-order valence-electron chi connectivity index (χ0n) is 15.0. The molecule has 0 spiro atoms. The maximum absolute atomic E-state index is 12.7. The number of aromatic nitrogens is 1. The van der Waals surface area contributed by atoms with Gasteiger partial charge in [-0.15, -0.1) is 0 Å². The van der Waals surface area contributed by atoms with Gasteiger partial charge in [0, 0.05) is 11.1 Å². The van der Waals surface area contributed by atoms with Gasteiger partial charge in [0.15, 0.2) is 5.11 Å². The Labute approximate surface area is 161 Å². The van der Waals surface area contributed by atoms with Crippen molar-refractivity contribution < 1.29 is 5.11 Å². The van der Waals surface area contributed by atoms with Gasteiger partial charge in [-0.2, -0.15) is 0 Å². The van der Waals surface area contributed by atoms with Crippen LogP contribution in [0.2, 0.25) is 0 Å². The number of nitrogens with one attached hydrogen (secondary N) is 4. The molecule has 0 bridgehead atoms. The van der Waals surface area contributed by atoms with Gasteiger partial charge in [-0.25, -0.2) is 5.43 Å². The maximum atomic E-state index is 12.7. The van der Waals surface area contributed by atoms with E-state index in [-0.39, 0.29) is 16.4 Å². The molecule has 3 rings (SSSR count). The predicted molar refractivity (Wildman–Crippen MR) is 112 cm³/mol. The minimum atomic E-state index is -0.789. The zero-order chi connectivity index (χ0) is 19.6. The monoisotopic (exact) mass is 383 g/mol. The Morgan fingerprint density at radius 3 is 2.48 bits per heavy atom. The van der Waals surface area contributed by atoms with Crippen LogP contribution < -0.4 is 27.5 Å². The van der Waals surface area contributed by atoms with Gasteiger partial charge >= 0.3 is 0 Å². The second-order valence-corrected chi connectivity index (χ2v) is 6.78. The van der Waals surface area contributed by atoms with Gasteiger partial charge in [0.05, 0.1) is 11.1 Å². The summed E-state index contributed by atoms with van der Waals surface area (Å²) in [5.41, 5.74) is 14.1. The van der Waals surface area contributed by atoms with Crippen molar-refractivity contribution in [1.29, 1.82) is 0 Å². The highest BCUT2D eigenvalue weighted by Gasteiger charge is 2.22. The van der Waals surface area contributed by atoms with Gasteiger partial charge < -0.3 is 21.1 Å². The number of aryl methyl sites for hydroxylation is 2. The molecule has 0 aliphatic carbocycles. The van der Waals surface area contributed by atoms with Gasteiger partial charge in [-0.1, -0.05) is 29.3 Å². The smallest absolute Gasteiger partial charge is 0.258 e. The van der Waals surface area contributed by atoms with Crippen molar-refractivity contribution in [2.24, 2.45) is 5.73 Å². The number of pyridine rings is 1. The third-order valence-electron chi connectivity index (χ3n) is 4.17. The first-order valence-electron chi connectivity index (χ1n) is 8.35. The van der Waals surface area contributed by atoms with Crippen LogP contribution >= 0.6 is 12.2 Å². The van der Waals surface area contributed by atoms with Gasteiger partial charge in [0.1, 0.15) is 11.9 Å². The number of hydrogen-bond donors (Lipinski definition) is 6. The molecule has 1 aromatic heterocycles. The molecule has 0 unspecified atom stereocenters. The van der Waals surface area contributed by atoms with Crippen LogP contribution in [-0.4, -0.2) is 15.2 Å². The Hall–Kier alpha value is -3.10. The molecule has 7 N–H and O–H groups in total. The van der Waals surface area contributed by atoms with Crippen molar-refractivity contribution in [3.63, 3.8) is 0 Å². The molecule has 0 saturated carbocycles. The van der Waals surface area contributed by atoms with E-state index in [1.54, 1.807) is 6.07 Å². The molecule has 0 saturated heterocycles. The second-order valence-electron chi connectivity index (χ2n) is 6.34. The fourth-order valence-corrected chi connectivity index (χ4v) is 2.87. The van der Waals surface area contributed by atoms with Gasteiger partial charge in [-0.05, 0) is 50.3 Å². The summed E-state index contributed by atoms with van der Waals surface area (Å²) < 4.78 is 0. The summed E-state index contributed by atoms with van der Waals surface area (Å²) in [6.45, 7) is 3.90. The number of hydrazine groups is 1. The van der Waals surface area contributed by atoms with Crippen LogP contribution in [0.25, 0.3) is 10.9 Å². The largest absolute Gasteiger partial charge is 0.507 e. The van der Waals surface area contributed by atoms with Crippen molar-refractivity contribution >= 4 is 33.9 Å². The molecule has 0 aliphatic rings. The van der Waals surface area contributed by atoms with E-state index in [9.17, 15) is 9.90 Å². The van der Waals surface area contributed by atoms with Crippen molar-refractivity contribution in [2.75, 3.05) is 5.32 Å². The molecule has 0 aliphatic heterocycles. The molecule has 1 atom stereocenters. The topological polar surface area (TPSA) is 115 Å². The van der Waals surface area contributed by atoms with E-state index in [0.29, 0.717) is 10.9 Å². The summed E-state index contributed by atoms with van der Waals surface area (Å²) in [6, 6.07) is 13.1. The number of anilines is 1. The Balaban J connectivity index is 2.08. The van der Waals surface area contributed by atoms with E-state index >= 15 is 0 Å². The van der Waals surface area contributed by atoms with E-state index in [1.807, 2.05) is 50.2 Å². The Morgan fingerprint density at radius 1 is 1.15 bits per heavy atom. The summed E-state index contributed by atoms with van der Waals surface area (Å²) in [6.07, 6.45) is -0.789. The normalized spacial score (nSPS) is 11.9. The lowest BCUT2D eigenvalue weighted by Crippen LogP contribution is -2.46. The third-order valence-corrected chi connectivity index (χ3v) is 4.27. The SMILES string of the molecule is Cc1ccc(N[C@@H](NNC(N)=S)c2c(O)c3cc(C)ccc3[nH]c2=O)cc1. The minimum absolute atomic E-state index is 0.0123. The third kappa shape index (κ3) is 4.18. The quantitative estimate of drug-likeness (QED) is 0.228. The van der Waals surface area contributed by atoms with Gasteiger partial charge in [0.25, 0.3) is 5.56 Å². The zero-order valence-corrected chi connectivity index (χ0v) is 15.8. The first kappa shape index (κ1) is 18.7. The lowest BCUT2D eigenvalue weighted by Gasteiger charge is -2.23. The molecule has 7 nitrogen and oxygen atoms in total.